The molecule has 0 spiro atoms. The van der Waals surface area contributed by atoms with Gasteiger partial charge in [0.1, 0.15) is 11.7 Å². The summed E-state index contributed by atoms with van der Waals surface area (Å²) in [5.41, 5.74) is 0.683. The van der Waals surface area contributed by atoms with E-state index in [1.807, 2.05) is 13.8 Å². The number of nitrogens with zero attached hydrogens (tertiary/aromatic N) is 5. The van der Waals surface area contributed by atoms with Crippen LogP contribution in [0.1, 0.15) is 98.7 Å². The van der Waals surface area contributed by atoms with Crippen molar-refractivity contribution in [3.8, 4) is 0 Å². The fourth-order valence-corrected chi connectivity index (χ4v) is 5.90. The summed E-state index contributed by atoms with van der Waals surface area (Å²) < 4.78 is 85.1. The Balaban J connectivity index is 1.39. The Morgan fingerprint density at radius 3 is 2.37 bits per heavy atom. The number of carbonyl (C=O) groups is 2. The summed E-state index contributed by atoms with van der Waals surface area (Å²) in [6, 6.07) is 0.216. The largest absolute Gasteiger partial charge is 0.343 e. The number of rotatable bonds is 10. The van der Waals surface area contributed by atoms with E-state index in [1.54, 1.807) is 6.07 Å². The number of halogens is 6. The van der Waals surface area contributed by atoms with Gasteiger partial charge in [0.25, 0.3) is 12.3 Å². The van der Waals surface area contributed by atoms with Gasteiger partial charge in [-0.1, -0.05) is 0 Å². The Hall–Kier alpha value is -3.65. The first-order valence-electron chi connectivity index (χ1n) is 14.2. The molecule has 0 saturated heterocycles. The van der Waals surface area contributed by atoms with Crippen LogP contribution in [0.25, 0.3) is 5.65 Å². The minimum absolute atomic E-state index is 0.0503. The van der Waals surface area contributed by atoms with Crippen molar-refractivity contribution in [2.75, 3.05) is 0 Å². The molecule has 2 amide bonds. The van der Waals surface area contributed by atoms with E-state index < -0.39 is 60.9 Å². The van der Waals surface area contributed by atoms with E-state index >= 15 is 0 Å². The normalized spacial score (nSPS) is 20.2. The number of aromatic nitrogens is 5. The van der Waals surface area contributed by atoms with Gasteiger partial charge in [-0.05, 0) is 50.7 Å². The molecule has 0 aliphatic heterocycles. The number of carbonyl (C=O) groups excluding carboxylic acids is 2. The van der Waals surface area contributed by atoms with E-state index in [2.05, 4.69) is 25.8 Å². The highest BCUT2D eigenvalue weighted by atomic mass is 19.3. The van der Waals surface area contributed by atoms with Gasteiger partial charge in [-0.25, -0.2) is 35.8 Å². The molecule has 2 aliphatic carbocycles. The van der Waals surface area contributed by atoms with Gasteiger partial charge in [0.2, 0.25) is 17.8 Å². The number of fused-ring (bicyclic) bond motifs is 1. The number of nitrogens with one attached hydrogen (secondary N) is 2. The van der Waals surface area contributed by atoms with Crippen molar-refractivity contribution in [3.63, 3.8) is 0 Å². The monoisotopic (exact) mass is 613 g/mol. The SMILES string of the molecule is CC(C)n1nccc1C(=O)N[C@H](c1cn2ncc(C(NC(=O)CC3CC(F)(F)C3)C(F)F)cc2n1)C1CCC(F)(F)CC1. The second-order valence-electron chi connectivity index (χ2n) is 11.9. The predicted octanol–water partition coefficient (Wildman–Crippen LogP) is 5.66. The predicted molar refractivity (Wildman–Crippen MR) is 142 cm³/mol. The third kappa shape index (κ3) is 6.96. The lowest BCUT2D eigenvalue weighted by atomic mass is 9.79. The Morgan fingerprint density at radius 1 is 1.05 bits per heavy atom. The zero-order chi connectivity index (χ0) is 31.1. The first-order chi connectivity index (χ1) is 20.2. The Kier molecular flexibility index (Phi) is 8.45. The summed E-state index contributed by atoms with van der Waals surface area (Å²) in [6.45, 7) is 3.72. The molecular weight excluding hydrogens is 580 g/mol. The van der Waals surface area contributed by atoms with Gasteiger partial charge >= 0.3 is 0 Å². The minimum atomic E-state index is -3.02. The molecule has 2 fully saturated rings. The molecule has 2 N–H and O–H groups in total. The van der Waals surface area contributed by atoms with Gasteiger partial charge < -0.3 is 10.6 Å². The number of imidazole rings is 1. The van der Waals surface area contributed by atoms with Crippen molar-refractivity contribution in [1.82, 2.24) is 35.0 Å². The fourth-order valence-electron chi connectivity index (χ4n) is 5.90. The molecule has 2 aliphatic rings. The molecule has 0 bridgehead atoms. The summed E-state index contributed by atoms with van der Waals surface area (Å²) in [6.07, 6.45) is -0.545. The molecule has 5 rings (SSSR count). The van der Waals surface area contributed by atoms with Crippen LogP contribution in [0.3, 0.4) is 0 Å². The highest BCUT2D eigenvalue weighted by Gasteiger charge is 2.46. The third-order valence-corrected chi connectivity index (χ3v) is 8.17. The molecule has 9 nitrogen and oxygen atoms in total. The molecular formula is C28H33F6N7O2. The second kappa shape index (κ2) is 11.8. The minimum Gasteiger partial charge on any atom is -0.343 e. The summed E-state index contributed by atoms with van der Waals surface area (Å²) in [5, 5.41) is 13.5. The summed E-state index contributed by atoms with van der Waals surface area (Å²) in [5.74, 6) is -7.82. The summed E-state index contributed by atoms with van der Waals surface area (Å²) in [4.78, 5) is 30.2. The van der Waals surface area contributed by atoms with E-state index in [0.29, 0.717) is 5.69 Å². The Bertz CT molecular complexity index is 1450. The molecule has 1 unspecified atom stereocenters. The average Bonchev–Trinajstić information content (AvgIpc) is 3.56. The first-order valence-corrected chi connectivity index (χ1v) is 14.2. The van der Waals surface area contributed by atoms with Crippen LogP contribution in [0.4, 0.5) is 26.3 Å². The lowest BCUT2D eigenvalue weighted by molar-refractivity contribution is -0.135. The Labute approximate surface area is 243 Å². The maximum atomic E-state index is 14.0. The molecule has 2 saturated carbocycles. The van der Waals surface area contributed by atoms with Crippen molar-refractivity contribution < 1.29 is 35.9 Å². The van der Waals surface area contributed by atoms with Gasteiger partial charge in [0.05, 0.1) is 24.1 Å². The van der Waals surface area contributed by atoms with Crippen molar-refractivity contribution in [3.05, 3.63) is 47.7 Å². The van der Waals surface area contributed by atoms with Crippen LogP contribution in [-0.2, 0) is 4.79 Å². The Morgan fingerprint density at radius 2 is 1.74 bits per heavy atom. The van der Waals surface area contributed by atoms with E-state index in [9.17, 15) is 35.9 Å². The number of hydrogen-bond donors (Lipinski definition) is 2. The van der Waals surface area contributed by atoms with Gasteiger partial charge in [0.15, 0.2) is 5.65 Å². The smallest absolute Gasteiger partial charge is 0.270 e. The van der Waals surface area contributed by atoms with Crippen LogP contribution in [-0.4, -0.2) is 54.5 Å². The van der Waals surface area contributed by atoms with Crippen LogP contribution in [0.2, 0.25) is 0 Å². The summed E-state index contributed by atoms with van der Waals surface area (Å²) >= 11 is 0. The molecule has 2 atom stereocenters. The molecule has 0 radical (unpaired) electrons. The van der Waals surface area contributed by atoms with Crippen LogP contribution in [0, 0.1) is 11.8 Å². The van der Waals surface area contributed by atoms with Gasteiger partial charge in [-0.15, -0.1) is 0 Å². The van der Waals surface area contributed by atoms with Crippen molar-refractivity contribution in [2.45, 2.75) is 95.2 Å². The van der Waals surface area contributed by atoms with Crippen molar-refractivity contribution in [1.29, 1.82) is 0 Å². The zero-order valence-electron chi connectivity index (χ0n) is 23.6. The quantitative estimate of drug-likeness (QED) is 0.287. The van der Waals surface area contributed by atoms with Gasteiger partial charge in [-0.2, -0.15) is 10.2 Å². The fraction of sp³-hybridized carbons (Fsp3) is 0.607. The van der Waals surface area contributed by atoms with Crippen molar-refractivity contribution >= 4 is 17.5 Å². The van der Waals surface area contributed by atoms with Crippen LogP contribution >= 0.6 is 0 Å². The highest BCUT2D eigenvalue weighted by Crippen LogP contribution is 2.44. The molecule has 0 aromatic carbocycles. The van der Waals surface area contributed by atoms with Crippen LogP contribution in [0.5, 0.6) is 0 Å². The number of alkyl halides is 6. The molecule has 3 aromatic heterocycles. The molecule has 43 heavy (non-hydrogen) atoms. The average molecular weight is 614 g/mol. The lowest BCUT2D eigenvalue weighted by Crippen LogP contribution is -2.40. The first kappa shape index (κ1) is 30.8. The molecule has 3 heterocycles. The standard InChI is InChI=1S/C28H33F6N7O2/c1-15(2)41-20(5-8-35-41)26(43)39-23(17-3-6-27(31,32)7-4-17)19-14-40-21(37-19)10-18(13-36-40)24(25(29)30)38-22(42)9-16-11-28(33,34)12-16/h5,8,10,13-17,23-25H,3-4,6-7,9,11-12H2,1-2H3,(H,38,42)(H,39,43)/t23-,24?/m0/s1. The maximum absolute atomic E-state index is 14.0. The van der Waals surface area contributed by atoms with Gasteiger partial charge in [0, 0.05) is 49.9 Å². The summed E-state index contributed by atoms with van der Waals surface area (Å²) in [7, 11) is 0. The lowest BCUT2D eigenvalue weighted by Gasteiger charge is -2.34. The second-order valence-corrected chi connectivity index (χ2v) is 11.9. The van der Waals surface area contributed by atoms with Crippen molar-refractivity contribution in [2.24, 2.45) is 11.8 Å². The number of amides is 2. The third-order valence-electron chi connectivity index (χ3n) is 8.17. The van der Waals surface area contributed by atoms with E-state index in [1.165, 1.54) is 27.7 Å². The van der Waals surface area contributed by atoms with E-state index in [0.717, 1.165) is 6.20 Å². The zero-order valence-corrected chi connectivity index (χ0v) is 23.6. The van der Waals surface area contributed by atoms with E-state index in [-0.39, 0.29) is 61.0 Å². The van der Waals surface area contributed by atoms with Crippen LogP contribution < -0.4 is 10.6 Å². The molecule has 3 aromatic rings. The topological polar surface area (TPSA) is 106 Å². The highest BCUT2D eigenvalue weighted by molar-refractivity contribution is 5.92. The van der Waals surface area contributed by atoms with E-state index in [4.69, 9.17) is 0 Å². The van der Waals surface area contributed by atoms with Gasteiger partial charge in [-0.3, -0.25) is 14.3 Å². The van der Waals surface area contributed by atoms with Crippen LogP contribution in [0.15, 0.2) is 30.7 Å². The molecule has 234 valence electrons. The number of hydrogen-bond acceptors (Lipinski definition) is 5. The maximum Gasteiger partial charge on any atom is 0.270 e. The molecule has 15 heteroatoms.